The first-order valence-corrected chi connectivity index (χ1v) is 43.7. The van der Waals surface area contributed by atoms with E-state index in [0.717, 1.165) is 26.9 Å². The summed E-state index contributed by atoms with van der Waals surface area (Å²) in [6, 6.07) is 34.1. The largest absolute Gasteiger partial charge is 0.384 e. The molecule has 1 N–H and O–H groups in total. The van der Waals surface area contributed by atoms with Crippen molar-refractivity contribution in [2.24, 2.45) is 27.1 Å². The third-order valence-corrected chi connectivity index (χ3v) is 23.1. The van der Waals surface area contributed by atoms with Crippen LogP contribution in [0.1, 0.15) is 301 Å². The number of rotatable bonds is 0. The molecule has 586 valence electrons. The Bertz CT molecular complexity index is 3860. The van der Waals surface area contributed by atoms with Gasteiger partial charge in [-0.1, -0.05) is 293 Å². The summed E-state index contributed by atoms with van der Waals surface area (Å²) >= 11 is 0. The predicted octanol–water partition coefficient (Wildman–Crippen LogP) is 22.7. The van der Waals surface area contributed by atoms with Crippen LogP contribution in [0.4, 0.5) is 0 Å². The zero-order valence-corrected chi connectivity index (χ0v) is 74.8. The summed E-state index contributed by atoms with van der Waals surface area (Å²) in [4.78, 5) is 25.7. The van der Waals surface area contributed by atoms with E-state index in [-0.39, 0.29) is 26.0 Å². The molecule has 13 nitrogen and oxygen atoms in total. The summed E-state index contributed by atoms with van der Waals surface area (Å²) < 4.78 is 105. The van der Waals surface area contributed by atoms with Gasteiger partial charge in [-0.2, -0.15) is 0 Å². The van der Waals surface area contributed by atoms with Gasteiger partial charge in [0.05, 0.1) is 25.8 Å². The lowest BCUT2D eigenvalue weighted by Crippen LogP contribution is -2.45. The number of sulfone groups is 3. The second kappa shape index (κ2) is 42.8. The molecule has 0 saturated heterocycles. The zero-order chi connectivity index (χ0) is 82.5. The van der Waals surface area contributed by atoms with E-state index in [1.165, 1.54) is 37.0 Å². The summed E-state index contributed by atoms with van der Waals surface area (Å²) in [5.41, 5.74) is 3.50. The molecule has 2 atom stereocenters. The van der Waals surface area contributed by atoms with E-state index in [2.05, 4.69) is 144 Å². The molecule has 5 aliphatic heterocycles. The van der Waals surface area contributed by atoms with Gasteiger partial charge in [0, 0.05) is 27.2 Å². The molecule has 5 aliphatic rings. The van der Waals surface area contributed by atoms with Gasteiger partial charge in [0.25, 0.3) is 15.9 Å². The minimum absolute atomic E-state index is 0.106. The Hall–Kier alpha value is -5.24. The monoisotopic (exact) mass is 1520 g/mol. The molecule has 0 fully saturated rings. The first kappa shape index (κ1) is 105. The Kier molecular flexibility index (Phi) is 44.2. The number of sulfonamides is 1. The van der Waals surface area contributed by atoms with Crippen LogP contribution in [0.25, 0.3) is 6.08 Å². The number of aliphatic hydroxyl groups is 1. The van der Waals surface area contributed by atoms with Gasteiger partial charge in [0.2, 0.25) is 0 Å². The first-order valence-electron chi connectivity index (χ1n) is 35.9. The Labute approximate surface area is 627 Å². The molecular formula is C84H143NO12S5. The highest BCUT2D eigenvalue weighted by molar-refractivity contribution is 8.00. The fourth-order valence-corrected chi connectivity index (χ4v) is 16.5. The van der Waals surface area contributed by atoms with Crippen molar-refractivity contribution >= 4 is 72.7 Å². The summed E-state index contributed by atoms with van der Waals surface area (Å²) in [5, 5.41) is 11.6. The van der Waals surface area contributed by atoms with Crippen LogP contribution in [0, 0.1) is 27.1 Å². The van der Waals surface area contributed by atoms with Gasteiger partial charge in [-0.15, -0.1) is 0 Å². The highest BCUT2D eigenvalue weighted by atomic mass is 32.2. The smallest absolute Gasteiger partial charge is 0.269 e. The van der Waals surface area contributed by atoms with Crippen LogP contribution >= 0.6 is 0 Å². The third-order valence-electron chi connectivity index (χ3n) is 12.3. The number of ketones is 1. The second-order valence-corrected chi connectivity index (χ2v) is 44.4. The van der Waals surface area contributed by atoms with E-state index in [1.807, 2.05) is 99.6 Å². The first-order chi connectivity index (χ1) is 45.8. The van der Waals surface area contributed by atoms with Gasteiger partial charge in [-0.3, -0.25) is 13.8 Å². The summed E-state index contributed by atoms with van der Waals surface area (Å²) in [6.07, 6.45) is 2.54. The van der Waals surface area contributed by atoms with Gasteiger partial charge in [-0.25, -0.2) is 38.0 Å². The SMILES string of the molecule is C=S1(=O)CCc2ccccc21.CC.CC.CC.CC.CC.CC(C)(C)C.CC(C)(C)C.CC(C)(C)C.CC(C)(C)C.CC(C)(C)C.CC(C)(C)N1C(=O)c2ccccc2S1(=O)=O.CC1(C)C(=O)c2ccccc2S1(=O)=O.CC1(O)c2ccccc2S(=O)(=O)C1(C)C.O=S1(=O)C=Cc2ccccc21. The molecule has 1 amide bonds. The number of carbonyl (C=O) groups excluding carboxylic acids is 2. The van der Waals surface area contributed by atoms with E-state index >= 15 is 0 Å². The topological polar surface area (TPSA) is 211 Å². The van der Waals surface area contributed by atoms with Gasteiger partial charge in [-0.05, 0) is 158 Å². The predicted molar refractivity (Wildman–Crippen MR) is 442 cm³/mol. The van der Waals surface area contributed by atoms with Crippen molar-refractivity contribution in [1.82, 2.24) is 4.31 Å². The van der Waals surface area contributed by atoms with Gasteiger partial charge < -0.3 is 5.11 Å². The van der Waals surface area contributed by atoms with Crippen LogP contribution in [0.5, 0.6) is 0 Å². The van der Waals surface area contributed by atoms with Gasteiger partial charge in [0.1, 0.15) is 20.0 Å². The number of aryl methyl sites for hydroxylation is 1. The number of nitrogens with zero attached hydrogens (tertiary/aromatic N) is 1. The number of benzene rings is 5. The van der Waals surface area contributed by atoms with Crippen LogP contribution in [-0.4, -0.2) is 85.6 Å². The molecular weight excluding hydrogens is 1380 g/mol. The zero-order valence-electron chi connectivity index (χ0n) is 70.7. The average molecular weight is 1520 g/mol. The summed E-state index contributed by atoms with van der Waals surface area (Å²) in [7, 11) is -15.6. The maximum Gasteiger partial charge on any atom is 0.269 e. The molecule has 18 heteroatoms. The van der Waals surface area contributed by atoms with E-state index < -0.39 is 75.6 Å². The van der Waals surface area contributed by atoms with Crippen LogP contribution in [-0.2, 0) is 61.1 Å². The van der Waals surface area contributed by atoms with Crippen molar-refractivity contribution in [3.8, 4) is 0 Å². The highest BCUT2D eigenvalue weighted by Gasteiger charge is 2.58. The molecule has 10 rings (SSSR count). The minimum atomic E-state index is -3.67. The molecule has 5 aromatic carbocycles. The number of amides is 1. The van der Waals surface area contributed by atoms with Crippen LogP contribution in [0.3, 0.4) is 0 Å². The van der Waals surface area contributed by atoms with Gasteiger partial charge in [0.15, 0.2) is 35.3 Å². The quantitative estimate of drug-likeness (QED) is 0.144. The van der Waals surface area contributed by atoms with Crippen molar-refractivity contribution < 1.29 is 52.6 Å². The Morgan fingerprint density at radius 1 is 0.402 bits per heavy atom. The number of carbonyl (C=O) groups is 2. The molecule has 0 aliphatic carbocycles. The van der Waals surface area contributed by atoms with Crippen LogP contribution in [0.2, 0.25) is 0 Å². The van der Waals surface area contributed by atoms with Gasteiger partial charge >= 0.3 is 0 Å². The Morgan fingerprint density at radius 3 is 1.06 bits per heavy atom. The normalized spacial score (nSPS) is 18.8. The van der Waals surface area contributed by atoms with E-state index in [0.29, 0.717) is 43.1 Å². The standard InChI is InChI=1S/C11H13NO3S.C11H14O3S.C10H10O3S.C9H10OS.C8H6O2S.5C5H12.5C2H6/c1-11(2,3)12-10(13)8-6-4-5-7-9(8)16(12,14)15;1-10(2)11(3,12)8-6-4-5-7-9(8)15(10,13)14;1-10(2)9(11)7-5-3-4-6-8(7)14(10,12)13;1-11(10)7-6-8-4-2-3-5-9(8)11;9-11(10)6-5-7-3-1-2-4-8(7)11;5*1-5(2,3)4;5*1-2/h4-7H,1-3H3;4-7,12H,1-3H3;3-6H,1-2H3;2-5H,1,6-7H2;1-6H;5*1-4H3;5*1-2H3. The van der Waals surface area contributed by atoms with E-state index in [1.54, 1.807) is 126 Å². The average Bonchev–Trinajstić information content (AvgIpc) is 1.56. The van der Waals surface area contributed by atoms with Crippen molar-refractivity contribution in [2.45, 2.75) is 315 Å². The van der Waals surface area contributed by atoms with E-state index in [9.17, 15) is 52.6 Å². The Morgan fingerprint density at radius 2 is 0.716 bits per heavy atom. The maximum atomic E-state index is 12.2. The molecule has 5 aromatic rings. The lowest BCUT2D eigenvalue weighted by Gasteiger charge is -2.31. The van der Waals surface area contributed by atoms with Crippen LogP contribution in [0.15, 0.2) is 151 Å². The number of hydrogen-bond donors (Lipinski definition) is 1. The molecule has 0 spiro atoms. The highest BCUT2D eigenvalue weighted by Crippen LogP contribution is 2.50. The molecule has 0 aromatic heterocycles. The lowest BCUT2D eigenvalue weighted by molar-refractivity contribution is 0.0263. The van der Waals surface area contributed by atoms with Crippen molar-refractivity contribution in [1.29, 1.82) is 0 Å². The minimum Gasteiger partial charge on any atom is -0.384 e. The maximum absolute atomic E-state index is 12.2. The fraction of sp³-hybridized carbons (Fsp3) is 0.583. The molecule has 102 heavy (non-hydrogen) atoms. The van der Waals surface area contributed by atoms with Crippen LogP contribution < -0.4 is 0 Å². The summed E-state index contributed by atoms with van der Waals surface area (Å²) in [5.74, 6) is 3.71. The molecule has 0 bridgehead atoms. The fourth-order valence-electron chi connectivity index (χ4n) is 8.00. The number of hydrogen-bond acceptors (Lipinski definition) is 12. The molecule has 5 heterocycles. The molecule has 0 saturated carbocycles. The number of Topliss-reactive ketones (excluding diaryl/α,β-unsaturated/α-hetero) is 1. The summed E-state index contributed by atoms with van der Waals surface area (Å²) in [6.45, 7) is 76.4. The third kappa shape index (κ3) is 34.8. The number of fused-ring (bicyclic) bond motifs is 5. The van der Waals surface area contributed by atoms with Crippen molar-refractivity contribution in [3.05, 3.63) is 155 Å². The van der Waals surface area contributed by atoms with Crippen molar-refractivity contribution in [3.63, 3.8) is 0 Å². The molecule has 0 radical (unpaired) electrons. The van der Waals surface area contributed by atoms with E-state index in [4.69, 9.17) is 0 Å². The van der Waals surface area contributed by atoms with Crippen molar-refractivity contribution in [2.75, 3.05) is 5.75 Å². The lowest BCUT2D eigenvalue weighted by atomic mass is 9.85. The molecule has 2 unspecified atom stereocenters. The second-order valence-electron chi connectivity index (χ2n) is 33.4. The Balaban J connectivity index is -0.000000347.